The third-order valence-corrected chi connectivity index (χ3v) is 3.62. The summed E-state index contributed by atoms with van der Waals surface area (Å²) < 4.78 is 16.8. The van der Waals surface area contributed by atoms with E-state index in [4.69, 9.17) is 13.9 Å². The summed E-state index contributed by atoms with van der Waals surface area (Å²) in [6.07, 6.45) is 0.949. The number of hydrogen-bond donors (Lipinski definition) is 1. The molecule has 21 heavy (non-hydrogen) atoms. The van der Waals surface area contributed by atoms with Crippen LogP contribution in [0.4, 0.5) is 0 Å². The Bertz CT molecular complexity index is 874. The SMILES string of the molecule is Cc1nc2oc3ccc(O[C@H]4CCOC4)cc3c2c(=O)[nH]1. The molecule has 4 rings (SSSR count). The first-order valence-corrected chi connectivity index (χ1v) is 6.88. The maximum absolute atomic E-state index is 12.1. The molecule has 1 aromatic carbocycles. The number of aryl methyl sites for hydroxylation is 1. The van der Waals surface area contributed by atoms with Crippen molar-refractivity contribution in [3.63, 3.8) is 0 Å². The molecule has 1 aliphatic rings. The van der Waals surface area contributed by atoms with E-state index in [2.05, 4.69) is 9.97 Å². The number of nitrogens with one attached hydrogen (secondary N) is 1. The summed E-state index contributed by atoms with van der Waals surface area (Å²) in [6.45, 7) is 3.05. The summed E-state index contributed by atoms with van der Waals surface area (Å²) in [5.74, 6) is 1.24. The van der Waals surface area contributed by atoms with Gasteiger partial charge < -0.3 is 18.9 Å². The average molecular weight is 286 g/mol. The normalized spacial score (nSPS) is 18.6. The van der Waals surface area contributed by atoms with Gasteiger partial charge in [0.05, 0.1) is 13.2 Å². The third kappa shape index (κ3) is 2.08. The van der Waals surface area contributed by atoms with Crippen LogP contribution in [-0.4, -0.2) is 29.3 Å². The van der Waals surface area contributed by atoms with Gasteiger partial charge in [-0.2, -0.15) is 4.98 Å². The lowest BCUT2D eigenvalue weighted by molar-refractivity contribution is 0.141. The van der Waals surface area contributed by atoms with Crippen molar-refractivity contribution >= 4 is 22.1 Å². The third-order valence-electron chi connectivity index (χ3n) is 3.62. The first-order chi connectivity index (χ1) is 10.2. The van der Waals surface area contributed by atoms with E-state index in [1.165, 1.54) is 0 Å². The molecule has 1 saturated heterocycles. The number of furan rings is 1. The predicted molar refractivity (Wildman–Crippen MR) is 76.7 cm³/mol. The van der Waals surface area contributed by atoms with E-state index >= 15 is 0 Å². The van der Waals surface area contributed by atoms with Crippen LogP contribution in [0.3, 0.4) is 0 Å². The summed E-state index contributed by atoms with van der Waals surface area (Å²) >= 11 is 0. The Morgan fingerprint density at radius 2 is 2.33 bits per heavy atom. The molecular formula is C15H14N2O4. The molecular weight excluding hydrogens is 272 g/mol. The number of ether oxygens (including phenoxy) is 2. The molecule has 6 heteroatoms. The average Bonchev–Trinajstić information content (AvgIpc) is 3.05. The van der Waals surface area contributed by atoms with Crippen molar-refractivity contribution < 1.29 is 13.9 Å². The Labute approximate surface area is 119 Å². The molecule has 2 aromatic heterocycles. The van der Waals surface area contributed by atoms with Crippen LogP contribution in [0.25, 0.3) is 22.1 Å². The minimum absolute atomic E-state index is 0.0688. The molecule has 108 valence electrons. The van der Waals surface area contributed by atoms with Crippen LogP contribution < -0.4 is 10.3 Å². The molecule has 1 atom stereocenters. The van der Waals surface area contributed by atoms with Crippen LogP contribution >= 0.6 is 0 Å². The smallest absolute Gasteiger partial charge is 0.262 e. The van der Waals surface area contributed by atoms with Gasteiger partial charge in [-0.3, -0.25) is 4.79 Å². The van der Waals surface area contributed by atoms with Crippen molar-refractivity contribution in [3.05, 3.63) is 34.4 Å². The molecule has 0 bridgehead atoms. The summed E-state index contributed by atoms with van der Waals surface area (Å²) in [6, 6.07) is 5.47. The number of hydrogen-bond acceptors (Lipinski definition) is 5. The fourth-order valence-electron chi connectivity index (χ4n) is 2.64. The zero-order valence-corrected chi connectivity index (χ0v) is 11.5. The molecule has 3 heterocycles. The second-order valence-electron chi connectivity index (χ2n) is 5.19. The molecule has 1 N–H and O–H groups in total. The van der Waals surface area contributed by atoms with Crippen LogP contribution in [0.1, 0.15) is 12.2 Å². The Hall–Kier alpha value is -2.34. The van der Waals surface area contributed by atoms with Crippen LogP contribution in [0.2, 0.25) is 0 Å². The summed E-state index contributed by atoms with van der Waals surface area (Å²) in [5, 5.41) is 1.18. The highest BCUT2D eigenvalue weighted by atomic mass is 16.5. The van der Waals surface area contributed by atoms with Crippen molar-refractivity contribution in [2.45, 2.75) is 19.4 Å². The maximum atomic E-state index is 12.1. The summed E-state index contributed by atoms with van der Waals surface area (Å²) in [5.41, 5.74) is 0.786. The topological polar surface area (TPSA) is 77.4 Å². The number of aromatic amines is 1. The lowest BCUT2D eigenvalue weighted by atomic mass is 10.2. The number of aromatic nitrogens is 2. The number of H-pyrrole nitrogens is 1. The molecule has 6 nitrogen and oxygen atoms in total. The van der Waals surface area contributed by atoms with Gasteiger partial charge in [-0.25, -0.2) is 0 Å². The minimum Gasteiger partial charge on any atom is -0.488 e. The van der Waals surface area contributed by atoms with Crippen molar-refractivity contribution in [1.82, 2.24) is 9.97 Å². The van der Waals surface area contributed by atoms with Crippen molar-refractivity contribution in [2.75, 3.05) is 13.2 Å². The number of fused-ring (bicyclic) bond motifs is 3. The second kappa shape index (κ2) is 4.60. The Morgan fingerprint density at radius 3 is 3.14 bits per heavy atom. The monoisotopic (exact) mass is 286 g/mol. The van der Waals surface area contributed by atoms with Crippen molar-refractivity contribution in [2.24, 2.45) is 0 Å². The number of nitrogens with zero attached hydrogens (tertiary/aromatic N) is 1. The minimum atomic E-state index is -0.197. The van der Waals surface area contributed by atoms with Crippen molar-refractivity contribution in [3.8, 4) is 5.75 Å². The van der Waals surface area contributed by atoms with E-state index in [9.17, 15) is 4.79 Å². The summed E-state index contributed by atoms with van der Waals surface area (Å²) in [4.78, 5) is 19.0. The van der Waals surface area contributed by atoms with Gasteiger partial charge in [0.15, 0.2) is 0 Å². The van der Waals surface area contributed by atoms with Gasteiger partial charge >= 0.3 is 0 Å². The van der Waals surface area contributed by atoms with Gasteiger partial charge in [0.25, 0.3) is 5.56 Å². The first-order valence-electron chi connectivity index (χ1n) is 6.88. The van der Waals surface area contributed by atoms with Crippen LogP contribution in [-0.2, 0) is 4.74 Å². The van der Waals surface area contributed by atoms with E-state index in [0.717, 1.165) is 18.4 Å². The molecule has 0 spiro atoms. The zero-order chi connectivity index (χ0) is 14.4. The van der Waals surface area contributed by atoms with Gasteiger partial charge in [-0.05, 0) is 25.1 Å². The molecule has 1 aliphatic heterocycles. The fraction of sp³-hybridized carbons (Fsp3) is 0.333. The maximum Gasteiger partial charge on any atom is 0.262 e. The van der Waals surface area contributed by atoms with Gasteiger partial charge in [0, 0.05) is 11.8 Å². The second-order valence-corrected chi connectivity index (χ2v) is 5.19. The Kier molecular flexibility index (Phi) is 2.71. The largest absolute Gasteiger partial charge is 0.488 e. The van der Waals surface area contributed by atoms with E-state index in [-0.39, 0.29) is 11.7 Å². The van der Waals surface area contributed by atoms with E-state index in [0.29, 0.717) is 34.9 Å². The zero-order valence-electron chi connectivity index (χ0n) is 11.5. The van der Waals surface area contributed by atoms with E-state index in [1.807, 2.05) is 12.1 Å². The standard InChI is InChI=1S/C15H14N2O4/c1-8-16-14(18)13-11-6-9(20-10-4-5-19-7-10)2-3-12(11)21-15(13)17-8/h2-3,6,10H,4-5,7H2,1H3,(H,16,17,18)/t10-/m0/s1. The number of rotatable bonds is 2. The molecule has 0 aliphatic carbocycles. The van der Waals surface area contributed by atoms with Crippen LogP contribution in [0.15, 0.2) is 27.4 Å². The number of benzene rings is 1. The summed E-state index contributed by atoms with van der Waals surface area (Å²) in [7, 11) is 0. The van der Waals surface area contributed by atoms with Crippen molar-refractivity contribution in [1.29, 1.82) is 0 Å². The lowest BCUT2D eigenvalue weighted by Gasteiger charge is -2.11. The molecule has 3 aromatic rings. The van der Waals surface area contributed by atoms with Gasteiger partial charge in [-0.1, -0.05) is 0 Å². The van der Waals surface area contributed by atoms with Gasteiger partial charge in [0.1, 0.15) is 28.6 Å². The molecule has 1 fully saturated rings. The molecule has 0 radical (unpaired) electrons. The lowest BCUT2D eigenvalue weighted by Crippen LogP contribution is -2.15. The van der Waals surface area contributed by atoms with Crippen LogP contribution in [0.5, 0.6) is 5.75 Å². The van der Waals surface area contributed by atoms with E-state index < -0.39 is 0 Å². The Morgan fingerprint density at radius 1 is 1.43 bits per heavy atom. The highest BCUT2D eigenvalue weighted by molar-refractivity contribution is 6.03. The highest BCUT2D eigenvalue weighted by Crippen LogP contribution is 2.29. The van der Waals surface area contributed by atoms with Gasteiger partial charge in [0.2, 0.25) is 5.71 Å². The predicted octanol–water partition coefficient (Wildman–Crippen LogP) is 2.15. The quantitative estimate of drug-likeness (QED) is 0.781. The highest BCUT2D eigenvalue weighted by Gasteiger charge is 2.18. The molecule has 0 amide bonds. The van der Waals surface area contributed by atoms with Gasteiger partial charge in [-0.15, -0.1) is 0 Å². The van der Waals surface area contributed by atoms with Crippen LogP contribution in [0, 0.1) is 6.92 Å². The van der Waals surface area contributed by atoms with E-state index in [1.54, 1.807) is 13.0 Å². The molecule has 0 unspecified atom stereocenters. The molecule has 0 saturated carbocycles. The Balaban J connectivity index is 1.85. The first kappa shape index (κ1) is 12.4. The fourth-order valence-corrected chi connectivity index (χ4v) is 2.64.